The third kappa shape index (κ3) is 8.00. The van der Waals surface area contributed by atoms with Crippen molar-refractivity contribution < 1.29 is 23.6 Å². The number of benzene rings is 2. The van der Waals surface area contributed by atoms with Crippen molar-refractivity contribution in [2.75, 3.05) is 25.1 Å². The lowest BCUT2D eigenvalue weighted by Crippen LogP contribution is -2.13. The second-order valence-corrected chi connectivity index (χ2v) is 8.56. The second kappa shape index (κ2) is 14.8. The molecule has 0 fully saturated rings. The average Bonchev–Trinajstić information content (AvgIpc) is 3.36. The van der Waals surface area contributed by atoms with Crippen molar-refractivity contribution in [3.8, 4) is 28.5 Å². The third-order valence-corrected chi connectivity index (χ3v) is 5.49. The molecule has 2 aromatic carbocycles. The van der Waals surface area contributed by atoms with Gasteiger partial charge in [0.25, 0.3) is 5.91 Å². The van der Waals surface area contributed by atoms with Crippen LogP contribution in [0.5, 0.6) is 17.2 Å². The van der Waals surface area contributed by atoms with Crippen LogP contribution in [-0.2, 0) is 0 Å². The van der Waals surface area contributed by atoms with Gasteiger partial charge in [0.1, 0.15) is 5.75 Å². The zero-order chi connectivity index (χ0) is 25.6. The van der Waals surface area contributed by atoms with E-state index in [-0.39, 0.29) is 11.7 Å². The van der Waals surface area contributed by atoms with E-state index in [1.54, 1.807) is 24.3 Å². The topological polar surface area (TPSA) is 95.7 Å². The number of hydrogen-bond donors (Lipinski definition) is 1. The molecule has 1 aromatic heterocycles. The molecule has 3 rings (SSSR count). The highest BCUT2D eigenvalue weighted by atomic mass is 16.6. The van der Waals surface area contributed by atoms with Gasteiger partial charge in [-0.25, -0.2) is 4.63 Å². The van der Waals surface area contributed by atoms with Crippen LogP contribution in [0.15, 0.2) is 47.1 Å². The van der Waals surface area contributed by atoms with Gasteiger partial charge in [0.15, 0.2) is 17.2 Å². The first-order valence-electron chi connectivity index (χ1n) is 12.9. The molecule has 0 bridgehead atoms. The molecule has 3 aromatic rings. The molecule has 0 aliphatic rings. The minimum atomic E-state index is -0.316. The third-order valence-electron chi connectivity index (χ3n) is 5.49. The van der Waals surface area contributed by atoms with Gasteiger partial charge < -0.3 is 19.5 Å². The number of amides is 1. The van der Waals surface area contributed by atoms with E-state index in [4.69, 9.17) is 18.8 Å². The van der Waals surface area contributed by atoms with Crippen LogP contribution < -0.4 is 19.5 Å². The largest absolute Gasteiger partial charge is 0.494 e. The summed E-state index contributed by atoms with van der Waals surface area (Å²) in [5, 5.41) is 10.7. The minimum Gasteiger partial charge on any atom is -0.494 e. The highest BCUT2D eigenvalue weighted by Gasteiger charge is 2.18. The predicted octanol–water partition coefficient (Wildman–Crippen LogP) is 6.92. The summed E-state index contributed by atoms with van der Waals surface area (Å²) in [5.41, 5.74) is 1.59. The first-order valence-corrected chi connectivity index (χ1v) is 12.9. The quantitative estimate of drug-likeness (QED) is 0.216. The van der Waals surface area contributed by atoms with Crippen molar-refractivity contribution in [3.63, 3.8) is 0 Å². The van der Waals surface area contributed by atoms with Crippen LogP contribution in [0.3, 0.4) is 0 Å². The molecule has 1 heterocycles. The predicted molar refractivity (Wildman–Crippen MR) is 140 cm³/mol. The van der Waals surface area contributed by atoms with Gasteiger partial charge in [-0.3, -0.25) is 4.79 Å². The van der Waals surface area contributed by atoms with Gasteiger partial charge in [-0.1, -0.05) is 46.5 Å². The van der Waals surface area contributed by atoms with E-state index < -0.39 is 0 Å². The molecule has 0 unspecified atom stereocenters. The maximum atomic E-state index is 12.8. The van der Waals surface area contributed by atoms with E-state index in [1.165, 1.54) is 25.7 Å². The van der Waals surface area contributed by atoms with Crippen molar-refractivity contribution in [2.45, 2.75) is 65.7 Å². The Hall–Kier alpha value is -3.55. The normalized spacial score (nSPS) is 10.8. The zero-order valence-corrected chi connectivity index (χ0v) is 21.5. The lowest BCUT2D eigenvalue weighted by molar-refractivity contribution is 0.102. The Labute approximate surface area is 213 Å². The molecule has 194 valence electrons. The van der Waals surface area contributed by atoms with E-state index in [9.17, 15) is 4.79 Å². The Morgan fingerprint density at radius 2 is 1.50 bits per heavy atom. The van der Waals surface area contributed by atoms with Crippen LogP contribution in [0.25, 0.3) is 11.3 Å². The monoisotopic (exact) mass is 495 g/mol. The molecule has 1 N–H and O–H groups in total. The number of unbranched alkanes of at least 4 members (excludes halogenated alkanes) is 4. The summed E-state index contributed by atoms with van der Waals surface area (Å²) in [6, 6.07) is 12.6. The molecule has 0 aliphatic carbocycles. The van der Waals surface area contributed by atoms with Crippen molar-refractivity contribution in [1.29, 1.82) is 0 Å². The van der Waals surface area contributed by atoms with Crippen LogP contribution in [-0.4, -0.2) is 36.0 Å². The first kappa shape index (κ1) is 27.0. The number of carbonyl (C=O) groups is 1. The van der Waals surface area contributed by atoms with Crippen molar-refractivity contribution >= 4 is 11.7 Å². The fraction of sp³-hybridized carbons (Fsp3) is 0.464. The number of anilines is 1. The summed E-state index contributed by atoms with van der Waals surface area (Å²) in [4.78, 5) is 12.8. The molecule has 1 amide bonds. The Balaban J connectivity index is 1.64. The molecule has 8 nitrogen and oxygen atoms in total. The number of rotatable bonds is 16. The van der Waals surface area contributed by atoms with Crippen molar-refractivity contribution in [1.82, 2.24) is 10.3 Å². The standard InChI is InChI=1S/C28H37N3O5/c1-4-7-8-9-10-19-33-23-14-11-21(12-15-23)28(32)29-27-26(30-36-31-27)22-13-16-24(34-17-5-2)25(20-22)35-18-6-3/h11-16,20H,4-10,17-19H2,1-3H3,(H,29,31,32). The summed E-state index contributed by atoms with van der Waals surface area (Å²) in [7, 11) is 0. The zero-order valence-electron chi connectivity index (χ0n) is 21.5. The van der Waals surface area contributed by atoms with Gasteiger partial charge in [0.05, 0.1) is 19.8 Å². The van der Waals surface area contributed by atoms with E-state index in [1.807, 2.05) is 32.0 Å². The maximum absolute atomic E-state index is 12.8. The number of aromatic nitrogens is 2. The summed E-state index contributed by atoms with van der Waals surface area (Å²) < 4.78 is 22.4. The lowest BCUT2D eigenvalue weighted by atomic mass is 10.1. The van der Waals surface area contributed by atoms with Crippen molar-refractivity contribution in [3.05, 3.63) is 48.0 Å². The van der Waals surface area contributed by atoms with E-state index in [0.29, 0.717) is 48.1 Å². The smallest absolute Gasteiger partial charge is 0.256 e. The summed E-state index contributed by atoms with van der Waals surface area (Å²) in [6.45, 7) is 8.12. The number of nitrogens with zero attached hydrogens (tertiary/aromatic N) is 2. The fourth-order valence-corrected chi connectivity index (χ4v) is 3.55. The molecule has 0 saturated heterocycles. The molecule has 0 radical (unpaired) electrons. The molecule has 36 heavy (non-hydrogen) atoms. The molecule has 0 atom stereocenters. The van der Waals surface area contributed by atoms with Gasteiger partial charge in [0, 0.05) is 11.1 Å². The Kier molecular flexibility index (Phi) is 11.1. The Bertz CT molecular complexity index is 1070. The summed E-state index contributed by atoms with van der Waals surface area (Å²) >= 11 is 0. The molecule has 0 aliphatic heterocycles. The summed E-state index contributed by atoms with van der Waals surface area (Å²) in [5.74, 6) is 1.94. The van der Waals surface area contributed by atoms with E-state index in [0.717, 1.165) is 25.0 Å². The highest BCUT2D eigenvalue weighted by molar-refractivity contribution is 6.05. The Morgan fingerprint density at radius 1 is 0.778 bits per heavy atom. The number of nitrogens with one attached hydrogen (secondary N) is 1. The van der Waals surface area contributed by atoms with Crippen LogP contribution in [0.1, 0.15) is 76.1 Å². The molecule has 0 saturated carbocycles. The van der Waals surface area contributed by atoms with Crippen molar-refractivity contribution in [2.24, 2.45) is 0 Å². The fourth-order valence-electron chi connectivity index (χ4n) is 3.55. The number of hydrogen-bond acceptors (Lipinski definition) is 7. The van der Waals surface area contributed by atoms with Gasteiger partial charge in [-0.05, 0) is 72.0 Å². The molecule has 8 heteroatoms. The summed E-state index contributed by atoms with van der Waals surface area (Å²) in [6.07, 6.45) is 7.69. The van der Waals surface area contributed by atoms with Gasteiger partial charge in [-0.2, -0.15) is 0 Å². The number of carbonyl (C=O) groups excluding carboxylic acids is 1. The Morgan fingerprint density at radius 3 is 2.22 bits per heavy atom. The second-order valence-electron chi connectivity index (χ2n) is 8.56. The van der Waals surface area contributed by atoms with Crippen LogP contribution >= 0.6 is 0 Å². The van der Waals surface area contributed by atoms with Gasteiger partial charge in [0.2, 0.25) is 5.82 Å². The van der Waals surface area contributed by atoms with Crippen LogP contribution in [0, 0.1) is 0 Å². The molecule has 0 spiro atoms. The molecular formula is C28H37N3O5. The molecular weight excluding hydrogens is 458 g/mol. The number of ether oxygens (including phenoxy) is 3. The average molecular weight is 496 g/mol. The lowest BCUT2D eigenvalue weighted by Gasteiger charge is -2.13. The first-order chi connectivity index (χ1) is 17.7. The van der Waals surface area contributed by atoms with E-state index in [2.05, 4.69) is 22.6 Å². The SMILES string of the molecule is CCCCCCCOc1ccc(C(=O)Nc2nonc2-c2ccc(OCCC)c(OCCC)c2)cc1. The maximum Gasteiger partial charge on any atom is 0.256 e. The highest BCUT2D eigenvalue weighted by Crippen LogP contribution is 2.34. The van der Waals surface area contributed by atoms with Gasteiger partial charge >= 0.3 is 0 Å². The van der Waals surface area contributed by atoms with E-state index >= 15 is 0 Å². The van der Waals surface area contributed by atoms with Crippen LogP contribution in [0.2, 0.25) is 0 Å². The van der Waals surface area contributed by atoms with Crippen LogP contribution in [0.4, 0.5) is 5.82 Å². The minimum absolute atomic E-state index is 0.232. The van der Waals surface area contributed by atoms with Gasteiger partial charge in [-0.15, -0.1) is 0 Å².